The maximum atomic E-state index is 12.6. The fraction of sp³-hybridized carbons (Fsp3) is 0.333. The Balaban J connectivity index is 1.78. The molecule has 2 aromatic rings. The Kier molecular flexibility index (Phi) is 6.11. The standard InChI is InChI=1S/C21H24N4O4/c1-14-9-11-24(12-10-14)18-8-5-16(13-19(18)25(28)29)21(27)23-17-6-3-15(4-7-17)20(26)22-2/h3-8,13-14H,9-12H2,1-2H3,(H,22,26)(H,23,27). The van der Waals surface area contributed by atoms with Gasteiger partial charge < -0.3 is 15.5 Å². The second-order valence-corrected chi connectivity index (χ2v) is 7.24. The van der Waals surface area contributed by atoms with E-state index in [0.29, 0.717) is 22.9 Å². The minimum atomic E-state index is -0.445. The van der Waals surface area contributed by atoms with Crippen LogP contribution in [0.4, 0.5) is 17.1 Å². The van der Waals surface area contributed by atoms with Gasteiger partial charge in [-0.1, -0.05) is 6.92 Å². The number of nitro groups is 1. The average Bonchev–Trinajstić information content (AvgIpc) is 2.73. The molecule has 0 unspecified atom stereocenters. The predicted molar refractivity (Wildman–Crippen MR) is 111 cm³/mol. The van der Waals surface area contributed by atoms with E-state index in [9.17, 15) is 19.7 Å². The minimum Gasteiger partial charge on any atom is -0.366 e. The maximum Gasteiger partial charge on any atom is 0.293 e. The molecule has 0 spiro atoms. The number of nitrogens with zero attached hydrogens (tertiary/aromatic N) is 2. The molecule has 8 nitrogen and oxygen atoms in total. The Hall–Kier alpha value is -3.42. The van der Waals surface area contributed by atoms with E-state index >= 15 is 0 Å². The highest BCUT2D eigenvalue weighted by Gasteiger charge is 2.24. The fourth-order valence-electron chi connectivity index (χ4n) is 3.38. The molecule has 0 aromatic heterocycles. The van der Waals surface area contributed by atoms with Crippen LogP contribution in [0.15, 0.2) is 42.5 Å². The third-order valence-electron chi connectivity index (χ3n) is 5.19. The number of piperidine rings is 1. The van der Waals surface area contributed by atoms with Crippen molar-refractivity contribution in [1.29, 1.82) is 0 Å². The van der Waals surface area contributed by atoms with E-state index in [-0.39, 0.29) is 17.2 Å². The molecule has 2 N–H and O–H groups in total. The molecule has 0 radical (unpaired) electrons. The number of carbonyl (C=O) groups excluding carboxylic acids is 2. The van der Waals surface area contributed by atoms with Gasteiger partial charge in [0.25, 0.3) is 17.5 Å². The highest BCUT2D eigenvalue weighted by atomic mass is 16.6. The zero-order valence-electron chi connectivity index (χ0n) is 16.5. The highest BCUT2D eigenvalue weighted by molar-refractivity contribution is 6.05. The summed E-state index contributed by atoms with van der Waals surface area (Å²) in [7, 11) is 1.54. The molecule has 2 aromatic carbocycles. The second-order valence-electron chi connectivity index (χ2n) is 7.24. The Morgan fingerprint density at radius 2 is 1.66 bits per heavy atom. The molecule has 0 atom stereocenters. The van der Waals surface area contributed by atoms with Crippen LogP contribution in [-0.2, 0) is 0 Å². The van der Waals surface area contributed by atoms with Gasteiger partial charge in [-0.15, -0.1) is 0 Å². The Bertz CT molecular complexity index is 919. The topological polar surface area (TPSA) is 105 Å². The zero-order valence-corrected chi connectivity index (χ0v) is 16.5. The SMILES string of the molecule is CNC(=O)c1ccc(NC(=O)c2ccc(N3CCC(C)CC3)c([N+](=O)[O-])c2)cc1. The van der Waals surface area contributed by atoms with Gasteiger partial charge in [0.05, 0.1) is 4.92 Å². The molecule has 1 fully saturated rings. The lowest BCUT2D eigenvalue weighted by Crippen LogP contribution is -2.33. The molecule has 0 bridgehead atoms. The fourth-order valence-corrected chi connectivity index (χ4v) is 3.38. The molecule has 1 heterocycles. The highest BCUT2D eigenvalue weighted by Crippen LogP contribution is 2.32. The van der Waals surface area contributed by atoms with Gasteiger partial charge >= 0.3 is 0 Å². The molecule has 1 aliphatic heterocycles. The summed E-state index contributed by atoms with van der Waals surface area (Å²) in [5.74, 6) is -0.0500. The van der Waals surface area contributed by atoms with Crippen LogP contribution in [0.2, 0.25) is 0 Å². The van der Waals surface area contributed by atoms with Gasteiger partial charge in [0.1, 0.15) is 5.69 Å². The van der Waals surface area contributed by atoms with Gasteiger partial charge in [0.15, 0.2) is 0 Å². The molecule has 2 amide bonds. The number of nitrogens with one attached hydrogen (secondary N) is 2. The van der Waals surface area contributed by atoms with E-state index in [1.807, 2.05) is 4.90 Å². The normalized spacial score (nSPS) is 14.3. The second kappa shape index (κ2) is 8.72. The number of rotatable bonds is 5. The van der Waals surface area contributed by atoms with Crippen molar-refractivity contribution >= 4 is 28.9 Å². The molecule has 3 rings (SSSR count). The lowest BCUT2D eigenvalue weighted by atomic mass is 9.98. The molecule has 0 aliphatic carbocycles. The lowest BCUT2D eigenvalue weighted by molar-refractivity contribution is -0.384. The number of amides is 2. The van der Waals surface area contributed by atoms with Gasteiger partial charge in [-0.2, -0.15) is 0 Å². The Labute approximate surface area is 169 Å². The molecule has 1 aliphatic rings. The lowest BCUT2D eigenvalue weighted by Gasteiger charge is -2.31. The first kappa shape index (κ1) is 20.3. The smallest absolute Gasteiger partial charge is 0.293 e. The van der Waals surface area contributed by atoms with Gasteiger partial charge in [-0.25, -0.2) is 0 Å². The molecule has 29 heavy (non-hydrogen) atoms. The Morgan fingerprint density at radius 1 is 1.03 bits per heavy atom. The van der Waals surface area contributed by atoms with Crippen molar-refractivity contribution in [1.82, 2.24) is 5.32 Å². The minimum absolute atomic E-state index is 0.0674. The molecular weight excluding hydrogens is 372 g/mol. The van der Waals surface area contributed by atoms with E-state index in [1.165, 1.54) is 6.07 Å². The van der Waals surface area contributed by atoms with Crippen molar-refractivity contribution in [2.24, 2.45) is 5.92 Å². The predicted octanol–water partition coefficient (Wildman–Crippen LogP) is 3.44. The Morgan fingerprint density at radius 3 is 2.24 bits per heavy atom. The number of nitro benzene ring substituents is 1. The quantitative estimate of drug-likeness (QED) is 0.595. The zero-order chi connectivity index (χ0) is 21.0. The molecule has 0 saturated carbocycles. The van der Waals surface area contributed by atoms with Crippen molar-refractivity contribution in [2.45, 2.75) is 19.8 Å². The van der Waals surface area contributed by atoms with Crippen LogP contribution in [0.5, 0.6) is 0 Å². The number of anilines is 2. The average molecular weight is 396 g/mol. The number of carbonyl (C=O) groups is 2. The van der Waals surface area contributed by atoms with E-state index in [1.54, 1.807) is 43.4 Å². The summed E-state index contributed by atoms with van der Waals surface area (Å²) in [6.07, 6.45) is 1.98. The summed E-state index contributed by atoms with van der Waals surface area (Å²) < 4.78 is 0. The van der Waals surface area contributed by atoms with Crippen LogP contribution >= 0.6 is 0 Å². The third kappa shape index (κ3) is 4.71. The molecule has 1 saturated heterocycles. The van der Waals surface area contributed by atoms with Gasteiger partial charge in [0.2, 0.25) is 0 Å². The van der Waals surface area contributed by atoms with Gasteiger partial charge in [-0.05, 0) is 55.2 Å². The van der Waals surface area contributed by atoms with Gasteiger partial charge in [-0.3, -0.25) is 19.7 Å². The van der Waals surface area contributed by atoms with Crippen LogP contribution in [0.1, 0.15) is 40.5 Å². The summed E-state index contributed by atoms with van der Waals surface area (Å²) in [4.78, 5) is 37.3. The van der Waals surface area contributed by atoms with E-state index in [2.05, 4.69) is 17.6 Å². The van der Waals surface area contributed by atoms with Crippen LogP contribution in [0.3, 0.4) is 0 Å². The maximum absolute atomic E-state index is 12.6. The van der Waals surface area contributed by atoms with Crippen molar-refractivity contribution in [3.8, 4) is 0 Å². The van der Waals surface area contributed by atoms with E-state index in [0.717, 1.165) is 25.9 Å². The van der Waals surface area contributed by atoms with Crippen molar-refractivity contribution in [3.63, 3.8) is 0 Å². The summed E-state index contributed by atoms with van der Waals surface area (Å²) in [5, 5.41) is 16.8. The molecular formula is C21H24N4O4. The number of hydrogen-bond acceptors (Lipinski definition) is 5. The van der Waals surface area contributed by atoms with E-state index in [4.69, 9.17) is 0 Å². The number of hydrogen-bond donors (Lipinski definition) is 2. The molecule has 152 valence electrons. The monoisotopic (exact) mass is 396 g/mol. The van der Waals surface area contributed by atoms with Crippen LogP contribution in [-0.4, -0.2) is 36.9 Å². The van der Waals surface area contributed by atoms with Crippen LogP contribution in [0.25, 0.3) is 0 Å². The van der Waals surface area contributed by atoms with Gasteiger partial charge in [0, 0.05) is 43.0 Å². The largest absolute Gasteiger partial charge is 0.366 e. The van der Waals surface area contributed by atoms with Crippen LogP contribution in [0, 0.1) is 16.0 Å². The number of benzene rings is 2. The summed E-state index contributed by atoms with van der Waals surface area (Å²) in [5.41, 5.74) is 1.66. The van der Waals surface area contributed by atoms with Crippen molar-refractivity contribution in [3.05, 3.63) is 63.7 Å². The first-order valence-corrected chi connectivity index (χ1v) is 9.56. The first-order chi connectivity index (χ1) is 13.9. The summed E-state index contributed by atoms with van der Waals surface area (Å²) in [6.45, 7) is 3.72. The van der Waals surface area contributed by atoms with E-state index < -0.39 is 10.8 Å². The van der Waals surface area contributed by atoms with Crippen molar-refractivity contribution < 1.29 is 14.5 Å². The van der Waals surface area contributed by atoms with Crippen molar-refractivity contribution in [2.75, 3.05) is 30.4 Å². The molecule has 8 heteroatoms. The summed E-state index contributed by atoms with van der Waals surface area (Å²) >= 11 is 0. The first-order valence-electron chi connectivity index (χ1n) is 9.56. The van der Waals surface area contributed by atoms with Crippen LogP contribution < -0.4 is 15.5 Å². The summed E-state index contributed by atoms with van der Waals surface area (Å²) in [6, 6.07) is 11.0. The third-order valence-corrected chi connectivity index (χ3v) is 5.19.